The Balaban J connectivity index is 2.11. The van der Waals surface area contributed by atoms with E-state index in [1.165, 1.54) is 12.1 Å². The summed E-state index contributed by atoms with van der Waals surface area (Å²) in [5, 5.41) is 19.5. The zero-order chi connectivity index (χ0) is 13.3. The van der Waals surface area contributed by atoms with Gasteiger partial charge in [-0.3, -0.25) is 10.1 Å². The van der Waals surface area contributed by atoms with Crippen LogP contribution in [0.3, 0.4) is 0 Å². The maximum atomic E-state index is 13.8. The van der Waals surface area contributed by atoms with Crippen molar-refractivity contribution in [1.29, 1.82) is 0 Å². The fourth-order valence-electron chi connectivity index (χ4n) is 2.26. The van der Waals surface area contributed by atoms with Gasteiger partial charge in [0.15, 0.2) is 5.82 Å². The summed E-state index contributed by atoms with van der Waals surface area (Å²) in [4.78, 5) is 11.7. The topological polar surface area (TPSA) is 66.6 Å². The molecule has 6 heteroatoms. The summed E-state index contributed by atoms with van der Waals surface area (Å²) in [6, 6.07) is 3.86. The number of hydrogen-bond donors (Lipinski definition) is 1. The predicted molar refractivity (Wildman–Crippen MR) is 65.1 cm³/mol. The SMILES string of the molecule is CN(c1ccc([N+](=O)[O-])cc1F)C1CC(CO)C1. The fraction of sp³-hybridized carbons (Fsp3) is 0.500. The van der Waals surface area contributed by atoms with Gasteiger partial charge in [-0.25, -0.2) is 4.39 Å². The van der Waals surface area contributed by atoms with Crippen molar-refractivity contribution in [3.05, 3.63) is 34.1 Å². The molecule has 0 bridgehead atoms. The van der Waals surface area contributed by atoms with Crippen LogP contribution in [0.2, 0.25) is 0 Å². The van der Waals surface area contributed by atoms with Gasteiger partial charge in [0.2, 0.25) is 0 Å². The van der Waals surface area contributed by atoms with E-state index in [0.29, 0.717) is 11.6 Å². The molecule has 0 saturated heterocycles. The Hall–Kier alpha value is -1.69. The van der Waals surface area contributed by atoms with Crippen molar-refractivity contribution in [1.82, 2.24) is 0 Å². The maximum absolute atomic E-state index is 13.8. The van der Waals surface area contributed by atoms with Crippen molar-refractivity contribution in [2.75, 3.05) is 18.6 Å². The van der Waals surface area contributed by atoms with E-state index in [2.05, 4.69) is 0 Å². The van der Waals surface area contributed by atoms with Crippen LogP contribution in [0.4, 0.5) is 15.8 Å². The molecule has 1 fully saturated rings. The molecule has 0 radical (unpaired) electrons. The largest absolute Gasteiger partial charge is 0.396 e. The summed E-state index contributed by atoms with van der Waals surface area (Å²) in [5.41, 5.74) is 0.119. The second-order valence-corrected chi connectivity index (χ2v) is 4.68. The fourth-order valence-corrected chi connectivity index (χ4v) is 2.26. The molecule has 0 aromatic heterocycles. The first-order valence-corrected chi connectivity index (χ1v) is 5.80. The lowest BCUT2D eigenvalue weighted by Crippen LogP contribution is -2.44. The molecule has 2 rings (SSSR count). The zero-order valence-electron chi connectivity index (χ0n) is 10.0. The highest BCUT2D eigenvalue weighted by molar-refractivity contribution is 5.52. The Morgan fingerprint density at radius 3 is 2.72 bits per heavy atom. The van der Waals surface area contributed by atoms with Crippen LogP contribution in [0.15, 0.2) is 18.2 Å². The van der Waals surface area contributed by atoms with Crippen LogP contribution in [0, 0.1) is 21.8 Å². The molecule has 1 aliphatic carbocycles. The van der Waals surface area contributed by atoms with Crippen LogP contribution < -0.4 is 4.90 Å². The zero-order valence-corrected chi connectivity index (χ0v) is 10.0. The van der Waals surface area contributed by atoms with Crippen LogP contribution in [-0.4, -0.2) is 29.7 Å². The lowest BCUT2D eigenvalue weighted by atomic mass is 9.80. The average Bonchev–Trinajstić information content (AvgIpc) is 2.27. The Labute approximate surface area is 104 Å². The summed E-state index contributed by atoms with van der Waals surface area (Å²) in [7, 11) is 1.77. The van der Waals surface area contributed by atoms with E-state index in [9.17, 15) is 14.5 Å². The van der Waals surface area contributed by atoms with Crippen molar-refractivity contribution < 1.29 is 14.4 Å². The first-order chi connectivity index (χ1) is 8.52. The van der Waals surface area contributed by atoms with Crippen molar-refractivity contribution in [3.63, 3.8) is 0 Å². The monoisotopic (exact) mass is 254 g/mol. The number of aliphatic hydroxyl groups is 1. The molecule has 1 N–H and O–H groups in total. The summed E-state index contributed by atoms with van der Waals surface area (Å²) < 4.78 is 13.8. The Morgan fingerprint density at radius 2 is 2.22 bits per heavy atom. The summed E-state index contributed by atoms with van der Waals surface area (Å²) in [6.45, 7) is 0.160. The molecule has 0 amide bonds. The number of hydrogen-bond acceptors (Lipinski definition) is 4. The third-order valence-corrected chi connectivity index (χ3v) is 3.54. The van der Waals surface area contributed by atoms with E-state index in [1.54, 1.807) is 11.9 Å². The molecule has 98 valence electrons. The van der Waals surface area contributed by atoms with Gasteiger partial charge >= 0.3 is 0 Å². The van der Waals surface area contributed by atoms with Crippen LogP contribution in [-0.2, 0) is 0 Å². The second-order valence-electron chi connectivity index (χ2n) is 4.68. The lowest BCUT2D eigenvalue weighted by molar-refractivity contribution is -0.385. The van der Waals surface area contributed by atoms with Gasteiger partial charge in [0.25, 0.3) is 5.69 Å². The van der Waals surface area contributed by atoms with Crippen molar-refractivity contribution in [3.8, 4) is 0 Å². The van der Waals surface area contributed by atoms with Crippen LogP contribution in [0.1, 0.15) is 12.8 Å². The van der Waals surface area contributed by atoms with Crippen LogP contribution in [0.25, 0.3) is 0 Å². The highest BCUT2D eigenvalue weighted by atomic mass is 19.1. The van der Waals surface area contributed by atoms with Gasteiger partial charge < -0.3 is 10.0 Å². The third kappa shape index (κ3) is 2.28. The number of nitrogens with zero attached hydrogens (tertiary/aromatic N) is 2. The molecular weight excluding hydrogens is 239 g/mol. The molecule has 0 heterocycles. The number of nitro benzene ring substituents is 1. The standard InChI is InChI=1S/C12H15FN2O3/c1-14(10-4-8(5-10)7-16)12-3-2-9(15(17)18)6-11(12)13/h2-3,6,8,10,16H,4-5,7H2,1H3. The van der Waals surface area contributed by atoms with Gasteiger partial charge in [0.1, 0.15) is 0 Å². The van der Waals surface area contributed by atoms with E-state index < -0.39 is 10.7 Å². The number of aliphatic hydroxyl groups excluding tert-OH is 1. The van der Waals surface area contributed by atoms with E-state index >= 15 is 0 Å². The third-order valence-electron chi connectivity index (χ3n) is 3.54. The highest BCUT2D eigenvalue weighted by Crippen LogP contribution is 2.34. The van der Waals surface area contributed by atoms with E-state index in [4.69, 9.17) is 5.11 Å². The van der Waals surface area contributed by atoms with Gasteiger partial charge in [0, 0.05) is 25.8 Å². The molecule has 0 unspecified atom stereocenters. The average molecular weight is 254 g/mol. The van der Waals surface area contributed by atoms with Crippen LogP contribution >= 0.6 is 0 Å². The molecular formula is C12H15FN2O3. The molecule has 18 heavy (non-hydrogen) atoms. The first-order valence-electron chi connectivity index (χ1n) is 5.80. The lowest BCUT2D eigenvalue weighted by Gasteiger charge is -2.41. The van der Waals surface area contributed by atoms with Gasteiger partial charge in [-0.15, -0.1) is 0 Å². The van der Waals surface area contributed by atoms with E-state index in [-0.39, 0.29) is 18.3 Å². The number of non-ortho nitro benzene ring substituents is 1. The number of benzene rings is 1. The van der Waals surface area contributed by atoms with Gasteiger partial charge in [-0.1, -0.05) is 0 Å². The minimum atomic E-state index is -0.613. The minimum Gasteiger partial charge on any atom is -0.396 e. The minimum absolute atomic E-state index is 0.160. The summed E-state index contributed by atoms with van der Waals surface area (Å²) in [5.74, 6) is -0.294. The number of nitro groups is 1. The number of anilines is 1. The normalized spacial score (nSPS) is 22.4. The molecule has 5 nitrogen and oxygen atoms in total. The Bertz CT molecular complexity index is 461. The summed E-state index contributed by atoms with van der Waals surface area (Å²) >= 11 is 0. The Morgan fingerprint density at radius 1 is 1.56 bits per heavy atom. The molecule has 1 aromatic rings. The molecule has 0 atom stereocenters. The Kier molecular flexibility index (Phi) is 3.47. The van der Waals surface area contributed by atoms with Crippen LogP contribution in [0.5, 0.6) is 0 Å². The van der Waals surface area contributed by atoms with Gasteiger partial charge in [-0.05, 0) is 24.8 Å². The molecule has 0 aliphatic heterocycles. The molecule has 1 aromatic carbocycles. The first kappa shape index (κ1) is 12.8. The quantitative estimate of drug-likeness (QED) is 0.658. The van der Waals surface area contributed by atoms with E-state index in [0.717, 1.165) is 18.9 Å². The summed E-state index contributed by atoms with van der Waals surface area (Å²) in [6.07, 6.45) is 1.65. The van der Waals surface area contributed by atoms with Crippen molar-refractivity contribution in [2.24, 2.45) is 5.92 Å². The predicted octanol–water partition coefficient (Wildman–Crippen LogP) is 1.94. The van der Waals surface area contributed by atoms with Gasteiger partial charge in [-0.2, -0.15) is 0 Å². The smallest absolute Gasteiger partial charge is 0.272 e. The molecule has 1 aliphatic rings. The van der Waals surface area contributed by atoms with Gasteiger partial charge in [0.05, 0.1) is 16.7 Å². The maximum Gasteiger partial charge on any atom is 0.272 e. The molecule has 0 spiro atoms. The van der Waals surface area contributed by atoms with E-state index in [1.807, 2.05) is 0 Å². The number of halogens is 1. The second kappa shape index (κ2) is 4.89. The van der Waals surface area contributed by atoms with Crippen molar-refractivity contribution in [2.45, 2.75) is 18.9 Å². The molecule has 1 saturated carbocycles. The number of rotatable bonds is 4. The van der Waals surface area contributed by atoms with Crippen molar-refractivity contribution >= 4 is 11.4 Å². The highest BCUT2D eigenvalue weighted by Gasteiger charge is 2.32.